The molecule has 1 amide bonds. The highest BCUT2D eigenvalue weighted by atomic mass is 16.5. The number of nitrogens with zero attached hydrogens (tertiary/aromatic N) is 2. The number of aromatic nitrogens is 1. The lowest BCUT2D eigenvalue weighted by molar-refractivity contribution is -0.122. The van der Waals surface area contributed by atoms with Crippen LogP contribution in [0.25, 0.3) is 0 Å². The van der Waals surface area contributed by atoms with Crippen molar-refractivity contribution in [1.82, 2.24) is 4.98 Å². The molecule has 1 N–H and O–H groups in total. The first-order valence-corrected chi connectivity index (χ1v) is 5.39. The van der Waals surface area contributed by atoms with Crippen molar-refractivity contribution >= 4 is 11.6 Å². The molecule has 1 aromatic heterocycles. The Bertz CT molecular complexity index is 473. The maximum atomic E-state index is 12.1. The molecule has 5 nitrogen and oxygen atoms in total. The Morgan fingerprint density at radius 3 is 3.12 bits per heavy atom. The number of nitriles is 1. The third-order valence-electron chi connectivity index (χ3n) is 2.96. The predicted octanol–water partition coefficient (Wildman–Crippen LogP) is 1.26. The summed E-state index contributed by atoms with van der Waals surface area (Å²) in [7, 11) is 0. The average Bonchev–Trinajstić information content (AvgIpc) is 2.82. The second-order valence-corrected chi connectivity index (χ2v) is 4.14. The quantitative estimate of drug-likeness (QED) is 0.831. The standard InChI is InChI=1S/C12H13N3O2/c1-9-2-4-14-6-10(9)15-11(16)12(7-13)3-5-17-8-12/h2,4,6H,3,5,8H2,1H3,(H,15,16)/t12-/m1/s1. The summed E-state index contributed by atoms with van der Waals surface area (Å²) in [5.41, 5.74) is 0.502. The fourth-order valence-electron chi connectivity index (χ4n) is 1.72. The van der Waals surface area contributed by atoms with Gasteiger partial charge in [-0.15, -0.1) is 0 Å². The fourth-order valence-corrected chi connectivity index (χ4v) is 1.72. The van der Waals surface area contributed by atoms with Crippen LogP contribution in [0.1, 0.15) is 12.0 Å². The number of nitrogens with one attached hydrogen (secondary N) is 1. The fraction of sp³-hybridized carbons (Fsp3) is 0.417. The van der Waals surface area contributed by atoms with Crippen molar-refractivity contribution in [1.29, 1.82) is 5.26 Å². The van der Waals surface area contributed by atoms with Gasteiger partial charge in [-0.1, -0.05) is 0 Å². The number of anilines is 1. The smallest absolute Gasteiger partial charge is 0.247 e. The summed E-state index contributed by atoms with van der Waals surface area (Å²) in [6.07, 6.45) is 3.67. The van der Waals surface area contributed by atoms with E-state index < -0.39 is 5.41 Å². The zero-order chi connectivity index (χ0) is 12.3. The molecule has 0 aliphatic carbocycles. The molecule has 88 valence electrons. The monoisotopic (exact) mass is 231 g/mol. The first kappa shape index (κ1) is 11.6. The Morgan fingerprint density at radius 2 is 2.53 bits per heavy atom. The van der Waals surface area contributed by atoms with Gasteiger partial charge in [0.2, 0.25) is 5.91 Å². The molecule has 1 aromatic rings. The van der Waals surface area contributed by atoms with E-state index >= 15 is 0 Å². The van der Waals surface area contributed by atoms with Crippen LogP contribution in [0.5, 0.6) is 0 Å². The summed E-state index contributed by atoms with van der Waals surface area (Å²) in [6, 6.07) is 3.86. The zero-order valence-corrected chi connectivity index (χ0v) is 9.56. The molecule has 0 spiro atoms. The molecule has 0 bridgehead atoms. The Balaban J connectivity index is 2.17. The maximum absolute atomic E-state index is 12.1. The molecule has 0 unspecified atom stereocenters. The summed E-state index contributed by atoms with van der Waals surface area (Å²) in [5, 5.41) is 11.9. The molecule has 17 heavy (non-hydrogen) atoms. The molecule has 1 aliphatic heterocycles. The first-order valence-electron chi connectivity index (χ1n) is 5.39. The average molecular weight is 231 g/mol. The van der Waals surface area contributed by atoms with Crippen molar-refractivity contribution in [2.24, 2.45) is 5.41 Å². The molecule has 0 aromatic carbocycles. The minimum Gasteiger partial charge on any atom is -0.379 e. The molecule has 0 radical (unpaired) electrons. The van der Waals surface area contributed by atoms with E-state index in [2.05, 4.69) is 16.4 Å². The van der Waals surface area contributed by atoms with Crippen LogP contribution in [0.2, 0.25) is 0 Å². The zero-order valence-electron chi connectivity index (χ0n) is 9.56. The number of aryl methyl sites for hydroxylation is 1. The van der Waals surface area contributed by atoms with Crippen LogP contribution >= 0.6 is 0 Å². The number of carbonyl (C=O) groups is 1. The summed E-state index contributed by atoms with van der Waals surface area (Å²) < 4.78 is 5.14. The lowest BCUT2D eigenvalue weighted by atomic mass is 9.88. The van der Waals surface area contributed by atoms with E-state index in [4.69, 9.17) is 10.00 Å². The third kappa shape index (κ3) is 2.12. The van der Waals surface area contributed by atoms with Gasteiger partial charge >= 0.3 is 0 Å². The van der Waals surface area contributed by atoms with E-state index in [0.717, 1.165) is 5.56 Å². The second-order valence-electron chi connectivity index (χ2n) is 4.14. The van der Waals surface area contributed by atoms with Gasteiger partial charge in [-0.05, 0) is 18.6 Å². The molecule has 1 atom stereocenters. The van der Waals surface area contributed by atoms with E-state index in [0.29, 0.717) is 18.7 Å². The van der Waals surface area contributed by atoms with Gasteiger partial charge in [0.15, 0.2) is 5.41 Å². The molecule has 2 heterocycles. The van der Waals surface area contributed by atoms with Gasteiger partial charge in [-0.2, -0.15) is 5.26 Å². The summed E-state index contributed by atoms with van der Waals surface area (Å²) >= 11 is 0. The first-order chi connectivity index (χ1) is 8.18. The summed E-state index contributed by atoms with van der Waals surface area (Å²) in [4.78, 5) is 16.0. The lowest BCUT2D eigenvalue weighted by Crippen LogP contribution is -2.35. The minimum atomic E-state index is -1.05. The Morgan fingerprint density at radius 1 is 1.71 bits per heavy atom. The van der Waals surface area contributed by atoms with Crippen molar-refractivity contribution in [3.05, 3.63) is 24.0 Å². The Hall–Kier alpha value is -1.93. The van der Waals surface area contributed by atoms with Crippen LogP contribution in [-0.4, -0.2) is 24.1 Å². The molecule has 1 saturated heterocycles. The largest absolute Gasteiger partial charge is 0.379 e. The predicted molar refractivity (Wildman–Crippen MR) is 61.1 cm³/mol. The molecule has 5 heteroatoms. The number of carbonyl (C=O) groups excluding carboxylic acids is 1. The number of hydrogen-bond donors (Lipinski definition) is 1. The van der Waals surface area contributed by atoms with Gasteiger partial charge in [-0.25, -0.2) is 0 Å². The highest BCUT2D eigenvalue weighted by Gasteiger charge is 2.42. The van der Waals surface area contributed by atoms with Crippen LogP contribution in [0.4, 0.5) is 5.69 Å². The molecule has 1 fully saturated rings. The maximum Gasteiger partial charge on any atom is 0.247 e. The van der Waals surface area contributed by atoms with E-state index in [-0.39, 0.29) is 12.5 Å². The normalized spacial score (nSPS) is 23.1. The van der Waals surface area contributed by atoms with Gasteiger partial charge in [-0.3, -0.25) is 9.78 Å². The Kier molecular flexibility index (Phi) is 3.07. The third-order valence-corrected chi connectivity index (χ3v) is 2.96. The number of amides is 1. The topological polar surface area (TPSA) is 75.0 Å². The van der Waals surface area contributed by atoms with E-state index in [1.165, 1.54) is 0 Å². The van der Waals surface area contributed by atoms with Crippen molar-refractivity contribution in [2.75, 3.05) is 18.5 Å². The van der Waals surface area contributed by atoms with Crippen molar-refractivity contribution in [2.45, 2.75) is 13.3 Å². The van der Waals surface area contributed by atoms with Crippen molar-refractivity contribution in [3.8, 4) is 6.07 Å². The van der Waals surface area contributed by atoms with E-state index in [9.17, 15) is 4.79 Å². The van der Waals surface area contributed by atoms with Gasteiger partial charge in [0, 0.05) is 19.2 Å². The van der Waals surface area contributed by atoms with Gasteiger partial charge in [0.1, 0.15) is 0 Å². The summed E-state index contributed by atoms with van der Waals surface area (Å²) in [5.74, 6) is -0.311. The summed E-state index contributed by atoms with van der Waals surface area (Å²) in [6.45, 7) is 2.49. The number of pyridine rings is 1. The van der Waals surface area contributed by atoms with Crippen molar-refractivity contribution < 1.29 is 9.53 Å². The molecular weight excluding hydrogens is 218 g/mol. The van der Waals surface area contributed by atoms with E-state index in [1.807, 2.05) is 6.92 Å². The minimum absolute atomic E-state index is 0.161. The SMILES string of the molecule is Cc1ccncc1NC(=O)[C@@]1(C#N)CCOC1. The molecule has 2 rings (SSSR count). The molecular formula is C12H13N3O2. The van der Waals surface area contributed by atoms with Crippen LogP contribution in [0.3, 0.4) is 0 Å². The lowest BCUT2D eigenvalue weighted by Gasteiger charge is -2.18. The molecule has 1 aliphatic rings. The molecule has 0 saturated carbocycles. The van der Waals surface area contributed by atoms with Gasteiger partial charge in [0.05, 0.1) is 24.6 Å². The van der Waals surface area contributed by atoms with Gasteiger partial charge < -0.3 is 10.1 Å². The van der Waals surface area contributed by atoms with E-state index in [1.54, 1.807) is 18.5 Å². The van der Waals surface area contributed by atoms with Crippen LogP contribution in [0, 0.1) is 23.7 Å². The number of hydrogen-bond acceptors (Lipinski definition) is 4. The van der Waals surface area contributed by atoms with Gasteiger partial charge in [0.25, 0.3) is 0 Å². The second kappa shape index (κ2) is 4.52. The van der Waals surface area contributed by atoms with Crippen LogP contribution in [0.15, 0.2) is 18.5 Å². The van der Waals surface area contributed by atoms with Crippen LogP contribution in [-0.2, 0) is 9.53 Å². The van der Waals surface area contributed by atoms with Crippen LogP contribution < -0.4 is 5.32 Å². The number of ether oxygens (including phenoxy) is 1. The highest BCUT2D eigenvalue weighted by Crippen LogP contribution is 2.29. The highest BCUT2D eigenvalue weighted by molar-refractivity contribution is 5.97. The number of rotatable bonds is 2. The Labute approximate surface area is 99.4 Å². The van der Waals surface area contributed by atoms with Crippen molar-refractivity contribution in [3.63, 3.8) is 0 Å².